The van der Waals surface area contributed by atoms with Gasteiger partial charge in [-0.05, 0) is 65.2 Å². The van der Waals surface area contributed by atoms with E-state index in [0.29, 0.717) is 17.1 Å². The quantitative estimate of drug-likeness (QED) is 0.660. The molecule has 98 valence electrons. The zero-order valence-electron chi connectivity index (χ0n) is 10.8. The lowest BCUT2D eigenvalue weighted by atomic mass is 10.1. The molecule has 3 N–H and O–H groups in total. The Morgan fingerprint density at radius 2 is 1.68 bits per heavy atom. The molecular weight excluding hydrogens is 304 g/mol. The number of aryl methyl sites for hydroxylation is 2. The molecule has 0 unspecified atom stereocenters. The number of benzene rings is 2. The molecule has 0 saturated carbocycles. The van der Waals surface area contributed by atoms with E-state index >= 15 is 0 Å². The summed E-state index contributed by atoms with van der Waals surface area (Å²) in [5.41, 5.74) is 8.37. The Bertz CT molecular complexity index is 638. The van der Waals surface area contributed by atoms with Crippen molar-refractivity contribution in [3.63, 3.8) is 0 Å². The topological polar surface area (TPSA) is 59.1 Å². The highest BCUT2D eigenvalue weighted by atomic mass is 79.9. The third-order valence-electron chi connectivity index (χ3n) is 2.73. The summed E-state index contributed by atoms with van der Waals surface area (Å²) in [6, 6.07) is 11.4. The average molecular weight is 319 g/mol. The highest BCUT2D eigenvalue weighted by Crippen LogP contribution is 2.32. The van der Waals surface area contributed by atoms with Gasteiger partial charge in [-0.2, -0.15) is 0 Å². The summed E-state index contributed by atoms with van der Waals surface area (Å²) in [5.74, 6) is 1.30. The lowest BCUT2D eigenvalue weighted by Crippen LogP contribution is -2.12. The largest absolute Gasteiger partial charge is 0.455 e. The van der Waals surface area contributed by atoms with Gasteiger partial charge in [0.15, 0.2) is 0 Å². The minimum absolute atomic E-state index is 0.00164. The molecule has 0 heterocycles. The van der Waals surface area contributed by atoms with Gasteiger partial charge in [-0.3, -0.25) is 5.41 Å². The minimum atomic E-state index is -0.00164. The minimum Gasteiger partial charge on any atom is -0.455 e. The molecule has 0 amide bonds. The SMILES string of the molecule is Cc1ccc(Oc2cc(C)ccc2C(=N)N)c(Br)c1. The lowest BCUT2D eigenvalue weighted by Gasteiger charge is -2.12. The summed E-state index contributed by atoms with van der Waals surface area (Å²) < 4.78 is 6.75. The van der Waals surface area contributed by atoms with Gasteiger partial charge in [0, 0.05) is 0 Å². The van der Waals surface area contributed by atoms with Crippen LogP contribution in [0.1, 0.15) is 16.7 Å². The molecule has 4 heteroatoms. The molecule has 2 rings (SSSR count). The van der Waals surface area contributed by atoms with Crippen LogP contribution < -0.4 is 10.5 Å². The Morgan fingerprint density at radius 1 is 1.05 bits per heavy atom. The van der Waals surface area contributed by atoms with Crippen molar-refractivity contribution >= 4 is 21.8 Å². The first-order valence-corrected chi connectivity index (χ1v) is 6.65. The summed E-state index contributed by atoms with van der Waals surface area (Å²) in [4.78, 5) is 0. The molecular formula is C15H15BrN2O. The molecule has 0 radical (unpaired) electrons. The predicted octanol–water partition coefficient (Wildman–Crippen LogP) is 4.14. The van der Waals surface area contributed by atoms with E-state index in [1.165, 1.54) is 0 Å². The number of hydrogen-bond acceptors (Lipinski definition) is 2. The van der Waals surface area contributed by atoms with Crippen molar-refractivity contribution in [3.8, 4) is 11.5 Å². The fourth-order valence-electron chi connectivity index (χ4n) is 1.74. The summed E-state index contributed by atoms with van der Waals surface area (Å²) in [7, 11) is 0. The number of halogens is 1. The number of nitrogen functional groups attached to an aromatic ring is 1. The van der Waals surface area contributed by atoms with E-state index in [0.717, 1.165) is 15.6 Å². The molecule has 2 aromatic carbocycles. The summed E-state index contributed by atoms with van der Waals surface area (Å²) in [6.45, 7) is 3.99. The van der Waals surface area contributed by atoms with Gasteiger partial charge in [0.2, 0.25) is 0 Å². The van der Waals surface area contributed by atoms with Crippen LogP contribution in [-0.4, -0.2) is 5.84 Å². The Kier molecular flexibility index (Phi) is 3.90. The average Bonchev–Trinajstić information content (AvgIpc) is 2.32. The van der Waals surface area contributed by atoms with Gasteiger partial charge in [0.1, 0.15) is 17.3 Å². The van der Waals surface area contributed by atoms with Crippen LogP contribution in [0.25, 0.3) is 0 Å². The summed E-state index contributed by atoms with van der Waals surface area (Å²) in [5, 5.41) is 7.59. The highest BCUT2D eigenvalue weighted by molar-refractivity contribution is 9.10. The van der Waals surface area contributed by atoms with Crippen LogP contribution in [0.5, 0.6) is 11.5 Å². The third kappa shape index (κ3) is 3.15. The Hall–Kier alpha value is -1.81. The molecule has 0 atom stereocenters. The maximum absolute atomic E-state index is 7.59. The number of rotatable bonds is 3. The van der Waals surface area contributed by atoms with Crippen LogP contribution in [0.4, 0.5) is 0 Å². The first-order chi connectivity index (χ1) is 8.97. The second kappa shape index (κ2) is 5.45. The van der Waals surface area contributed by atoms with E-state index in [1.807, 2.05) is 44.2 Å². The van der Waals surface area contributed by atoms with Gasteiger partial charge in [-0.1, -0.05) is 12.1 Å². The molecule has 2 aromatic rings. The van der Waals surface area contributed by atoms with Crippen molar-refractivity contribution in [2.24, 2.45) is 5.73 Å². The lowest BCUT2D eigenvalue weighted by molar-refractivity contribution is 0.478. The van der Waals surface area contributed by atoms with Gasteiger partial charge >= 0.3 is 0 Å². The maximum Gasteiger partial charge on any atom is 0.141 e. The van der Waals surface area contributed by atoms with Crippen molar-refractivity contribution in [2.75, 3.05) is 0 Å². The number of amidine groups is 1. The van der Waals surface area contributed by atoms with E-state index in [1.54, 1.807) is 6.07 Å². The van der Waals surface area contributed by atoms with Crippen LogP contribution in [0.2, 0.25) is 0 Å². The number of ether oxygens (including phenoxy) is 1. The Labute approximate surface area is 121 Å². The molecule has 0 aliphatic rings. The first-order valence-electron chi connectivity index (χ1n) is 5.86. The van der Waals surface area contributed by atoms with E-state index < -0.39 is 0 Å². The van der Waals surface area contributed by atoms with Crippen LogP contribution >= 0.6 is 15.9 Å². The van der Waals surface area contributed by atoms with Crippen LogP contribution in [0, 0.1) is 19.3 Å². The van der Waals surface area contributed by atoms with Crippen molar-refractivity contribution in [1.29, 1.82) is 5.41 Å². The number of nitrogens with two attached hydrogens (primary N) is 1. The molecule has 0 bridgehead atoms. The van der Waals surface area contributed by atoms with E-state index in [-0.39, 0.29) is 5.84 Å². The number of hydrogen-bond donors (Lipinski definition) is 2. The zero-order valence-corrected chi connectivity index (χ0v) is 12.4. The molecule has 19 heavy (non-hydrogen) atoms. The van der Waals surface area contributed by atoms with Gasteiger partial charge in [0.25, 0.3) is 0 Å². The first kappa shape index (κ1) is 13.6. The molecule has 0 saturated heterocycles. The fourth-order valence-corrected chi connectivity index (χ4v) is 2.32. The number of nitrogens with one attached hydrogen (secondary N) is 1. The molecule has 0 aromatic heterocycles. The van der Waals surface area contributed by atoms with Crippen LogP contribution in [0.3, 0.4) is 0 Å². The maximum atomic E-state index is 7.59. The van der Waals surface area contributed by atoms with Crippen molar-refractivity contribution < 1.29 is 4.74 Å². The fraction of sp³-hybridized carbons (Fsp3) is 0.133. The molecule has 3 nitrogen and oxygen atoms in total. The Morgan fingerprint density at radius 3 is 2.32 bits per heavy atom. The van der Waals surface area contributed by atoms with Gasteiger partial charge in [-0.15, -0.1) is 0 Å². The van der Waals surface area contributed by atoms with Crippen molar-refractivity contribution in [1.82, 2.24) is 0 Å². The molecule has 0 spiro atoms. The Balaban J connectivity index is 2.42. The third-order valence-corrected chi connectivity index (χ3v) is 3.35. The normalized spacial score (nSPS) is 10.3. The second-order valence-electron chi connectivity index (χ2n) is 4.45. The van der Waals surface area contributed by atoms with Gasteiger partial charge in [-0.25, -0.2) is 0 Å². The predicted molar refractivity (Wildman–Crippen MR) is 81.1 cm³/mol. The standard InChI is InChI=1S/C15H15BrN2O/c1-9-4-6-13(12(16)7-9)19-14-8-10(2)3-5-11(14)15(17)18/h3-8H,1-2H3,(H3,17,18). The van der Waals surface area contributed by atoms with E-state index in [9.17, 15) is 0 Å². The van der Waals surface area contributed by atoms with Gasteiger partial charge < -0.3 is 10.5 Å². The smallest absolute Gasteiger partial charge is 0.141 e. The molecule has 0 aliphatic carbocycles. The van der Waals surface area contributed by atoms with Crippen molar-refractivity contribution in [3.05, 3.63) is 57.6 Å². The van der Waals surface area contributed by atoms with Crippen LogP contribution in [-0.2, 0) is 0 Å². The highest BCUT2D eigenvalue weighted by Gasteiger charge is 2.10. The van der Waals surface area contributed by atoms with Crippen molar-refractivity contribution in [2.45, 2.75) is 13.8 Å². The monoisotopic (exact) mass is 318 g/mol. The van der Waals surface area contributed by atoms with Gasteiger partial charge in [0.05, 0.1) is 10.0 Å². The molecule has 0 aliphatic heterocycles. The molecule has 0 fully saturated rings. The van der Waals surface area contributed by atoms with E-state index in [4.69, 9.17) is 15.9 Å². The summed E-state index contributed by atoms with van der Waals surface area (Å²) in [6.07, 6.45) is 0. The summed E-state index contributed by atoms with van der Waals surface area (Å²) >= 11 is 3.47. The second-order valence-corrected chi connectivity index (χ2v) is 5.30. The zero-order chi connectivity index (χ0) is 14.0. The van der Waals surface area contributed by atoms with E-state index in [2.05, 4.69) is 15.9 Å². The van der Waals surface area contributed by atoms with Crippen LogP contribution in [0.15, 0.2) is 40.9 Å².